The molecule has 0 aliphatic heterocycles. The molecule has 0 aliphatic rings. The molecule has 5 nitrogen and oxygen atoms in total. The number of rotatable bonds is 6. The Morgan fingerprint density at radius 2 is 2.18 bits per heavy atom. The van der Waals surface area contributed by atoms with E-state index in [-0.39, 0.29) is 6.04 Å². The fourth-order valence-corrected chi connectivity index (χ4v) is 1.68. The molecule has 1 atom stereocenters. The molecule has 1 unspecified atom stereocenters. The van der Waals surface area contributed by atoms with Crippen LogP contribution < -0.4 is 5.32 Å². The third-order valence-corrected chi connectivity index (χ3v) is 2.65. The maximum absolute atomic E-state index is 8.94. The Morgan fingerprint density at radius 1 is 1.47 bits per heavy atom. The molecule has 17 heavy (non-hydrogen) atoms. The van der Waals surface area contributed by atoms with Crippen molar-refractivity contribution in [2.75, 3.05) is 25.0 Å². The van der Waals surface area contributed by atoms with Gasteiger partial charge in [0.1, 0.15) is 6.07 Å². The summed E-state index contributed by atoms with van der Waals surface area (Å²) in [5, 5.41) is 19.9. The molecule has 1 aromatic rings. The second kappa shape index (κ2) is 6.81. The van der Waals surface area contributed by atoms with E-state index in [9.17, 15) is 0 Å². The monoisotopic (exact) mass is 233 g/mol. The first-order valence-electron chi connectivity index (χ1n) is 5.91. The molecule has 0 saturated carbocycles. The van der Waals surface area contributed by atoms with Crippen LogP contribution in [0.5, 0.6) is 0 Å². The number of nitriles is 1. The van der Waals surface area contributed by atoms with Crippen LogP contribution in [0.15, 0.2) is 12.3 Å². The van der Waals surface area contributed by atoms with Crippen LogP contribution in [0.4, 0.5) is 5.82 Å². The van der Waals surface area contributed by atoms with Crippen molar-refractivity contribution >= 4 is 5.82 Å². The Kier molecular flexibility index (Phi) is 5.37. The molecule has 1 aromatic heterocycles. The van der Waals surface area contributed by atoms with Gasteiger partial charge in [-0.3, -0.25) is 0 Å². The van der Waals surface area contributed by atoms with Crippen LogP contribution >= 0.6 is 0 Å². The van der Waals surface area contributed by atoms with Gasteiger partial charge in [-0.25, -0.2) is 0 Å². The Labute approximate surface area is 102 Å². The second-order valence-corrected chi connectivity index (χ2v) is 3.94. The van der Waals surface area contributed by atoms with Crippen LogP contribution in [0, 0.1) is 11.3 Å². The zero-order valence-corrected chi connectivity index (χ0v) is 10.6. The highest BCUT2D eigenvalue weighted by Gasteiger charge is 2.10. The molecular formula is C12H19N5. The standard InChI is InChI=1S/C12H19N5/c1-4-17(5-2)9-10(3)15-12-11(8-13)6-7-14-16-12/h6-7,10H,4-5,9H2,1-3H3,(H,15,16). The van der Waals surface area contributed by atoms with Crippen LogP contribution in [0.3, 0.4) is 0 Å². The molecule has 0 spiro atoms. The van der Waals surface area contributed by atoms with E-state index in [1.807, 2.05) is 0 Å². The number of hydrogen-bond acceptors (Lipinski definition) is 5. The zero-order valence-electron chi connectivity index (χ0n) is 10.6. The number of aromatic nitrogens is 2. The lowest BCUT2D eigenvalue weighted by molar-refractivity contribution is 0.294. The summed E-state index contributed by atoms with van der Waals surface area (Å²) in [7, 11) is 0. The average Bonchev–Trinajstić information content (AvgIpc) is 2.36. The van der Waals surface area contributed by atoms with Crippen LogP contribution in [0.1, 0.15) is 26.3 Å². The smallest absolute Gasteiger partial charge is 0.166 e. The maximum atomic E-state index is 8.94. The van der Waals surface area contributed by atoms with Gasteiger partial charge in [-0.15, -0.1) is 5.10 Å². The molecule has 0 fully saturated rings. The summed E-state index contributed by atoms with van der Waals surface area (Å²) in [4.78, 5) is 2.32. The van der Waals surface area contributed by atoms with Gasteiger partial charge in [-0.05, 0) is 26.1 Å². The third-order valence-electron chi connectivity index (χ3n) is 2.65. The van der Waals surface area contributed by atoms with Crippen molar-refractivity contribution in [3.05, 3.63) is 17.8 Å². The number of anilines is 1. The first kappa shape index (κ1) is 13.4. The van der Waals surface area contributed by atoms with Gasteiger partial charge >= 0.3 is 0 Å². The molecular weight excluding hydrogens is 214 g/mol. The molecule has 0 aliphatic carbocycles. The van der Waals surface area contributed by atoms with Crippen molar-refractivity contribution in [2.24, 2.45) is 0 Å². The van der Waals surface area contributed by atoms with Crippen molar-refractivity contribution < 1.29 is 0 Å². The number of hydrogen-bond donors (Lipinski definition) is 1. The summed E-state index contributed by atoms with van der Waals surface area (Å²) >= 11 is 0. The van der Waals surface area contributed by atoms with Crippen molar-refractivity contribution in [1.82, 2.24) is 15.1 Å². The lowest BCUT2D eigenvalue weighted by atomic mass is 10.2. The van der Waals surface area contributed by atoms with E-state index in [1.54, 1.807) is 6.07 Å². The Morgan fingerprint density at radius 3 is 2.76 bits per heavy atom. The van der Waals surface area contributed by atoms with Gasteiger partial charge in [0.25, 0.3) is 0 Å². The number of likely N-dealkylation sites (N-methyl/N-ethyl adjacent to an activating group) is 1. The Balaban J connectivity index is 2.62. The second-order valence-electron chi connectivity index (χ2n) is 3.94. The Hall–Kier alpha value is -1.67. The largest absolute Gasteiger partial charge is 0.364 e. The molecule has 5 heteroatoms. The summed E-state index contributed by atoms with van der Waals surface area (Å²) in [6.45, 7) is 9.32. The number of nitrogens with one attached hydrogen (secondary N) is 1. The van der Waals surface area contributed by atoms with Gasteiger partial charge < -0.3 is 10.2 Å². The molecule has 1 rings (SSSR count). The van der Waals surface area contributed by atoms with E-state index in [1.165, 1.54) is 6.20 Å². The normalized spacial score (nSPS) is 12.2. The van der Waals surface area contributed by atoms with E-state index in [2.05, 4.69) is 47.3 Å². The summed E-state index contributed by atoms with van der Waals surface area (Å²) in [5.41, 5.74) is 0.534. The summed E-state index contributed by atoms with van der Waals surface area (Å²) < 4.78 is 0. The summed E-state index contributed by atoms with van der Waals surface area (Å²) in [5.74, 6) is 0.564. The van der Waals surface area contributed by atoms with E-state index < -0.39 is 0 Å². The van der Waals surface area contributed by atoms with E-state index in [0.717, 1.165) is 19.6 Å². The summed E-state index contributed by atoms with van der Waals surface area (Å²) in [6, 6.07) is 4.00. The van der Waals surface area contributed by atoms with Gasteiger partial charge in [0.05, 0.1) is 11.8 Å². The predicted octanol–water partition coefficient (Wildman–Crippen LogP) is 1.49. The van der Waals surface area contributed by atoms with Gasteiger partial charge in [0.15, 0.2) is 5.82 Å². The van der Waals surface area contributed by atoms with Crippen LogP contribution in [0.2, 0.25) is 0 Å². The van der Waals surface area contributed by atoms with Crippen molar-refractivity contribution in [3.63, 3.8) is 0 Å². The van der Waals surface area contributed by atoms with Crippen molar-refractivity contribution in [2.45, 2.75) is 26.8 Å². The van der Waals surface area contributed by atoms with Gasteiger partial charge in [-0.1, -0.05) is 13.8 Å². The van der Waals surface area contributed by atoms with E-state index in [4.69, 9.17) is 5.26 Å². The van der Waals surface area contributed by atoms with Gasteiger partial charge in [-0.2, -0.15) is 10.4 Å². The molecule has 1 heterocycles. The van der Waals surface area contributed by atoms with Crippen molar-refractivity contribution in [1.29, 1.82) is 5.26 Å². The van der Waals surface area contributed by atoms with Crippen molar-refractivity contribution in [3.8, 4) is 6.07 Å². The first-order valence-corrected chi connectivity index (χ1v) is 5.91. The molecule has 1 N–H and O–H groups in total. The molecule has 0 saturated heterocycles. The lowest BCUT2D eigenvalue weighted by Crippen LogP contribution is -2.35. The molecule has 0 amide bonds. The fourth-order valence-electron chi connectivity index (χ4n) is 1.68. The van der Waals surface area contributed by atoms with Crippen LogP contribution in [0.25, 0.3) is 0 Å². The number of nitrogens with zero attached hydrogens (tertiary/aromatic N) is 4. The minimum Gasteiger partial charge on any atom is -0.364 e. The van der Waals surface area contributed by atoms with Crippen LogP contribution in [-0.4, -0.2) is 40.8 Å². The lowest BCUT2D eigenvalue weighted by Gasteiger charge is -2.23. The highest BCUT2D eigenvalue weighted by atomic mass is 15.2. The van der Waals surface area contributed by atoms with E-state index >= 15 is 0 Å². The third kappa shape index (κ3) is 4.00. The molecule has 0 aromatic carbocycles. The van der Waals surface area contributed by atoms with Crippen LogP contribution in [-0.2, 0) is 0 Å². The Bertz CT molecular complexity index is 381. The fraction of sp³-hybridized carbons (Fsp3) is 0.583. The topological polar surface area (TPSA) is 64.8 Å². The minimum absolute atomic E-state index is 0.235. The summed E-state index contributed by atoms with van der Waals surface area (Å²) in [6.07, 6.45) is 1.53. The van der Waals surface area contributed by atoms with E-state index in [0.29, 0.717) is 11.4 Å². The average molecular weight is 233 g/mol. The molecule has 0 bridgehead atoms. The first-order chi connectivity index (χ1) is 8.21. The molecule has 0 radical (unpaired) electrons. The maximum Gasteiger partial charge on any atom is 0.166 e. The minimum atomic E-state index is 0.235. The van der Waals surface area contributed by atoms with Gasteiger partial charge in [0.2, 0.25) is 0 Å². The SMILES string of the molecule is CCN(CC)CC(C)Nc1nnccc1C#N. The van der Waals surface area contributed by atoms with Gasteiger partial charge in [0, 0.05) is 12.6 Å². The highest BCUT2D eigenvalue weighted by molar-refractivity contribution is 5.50. The predicted molar refractivity (Wildman–Crippen MR) is 67.6 cm³/mol. The molecule has 92 valence electrons. The highest BCUT2D eigenvalue weighted by Crippen LogP contribution is 2.10. The zero-order chi connectivity index (χ0) is 12.7. The quantitative estimate of drug-likeness (QED) is 0.806.